The van der Waals surface area contributed by atoms with Crippen LogP contribution in [0.1, 0.15) is 28.8 Å². The van der Waals surface area contributed by atoms with E-state index in [1.165, 1.54) is 5.56 Å². The highest BCUT2D eigenvalue weighted by atomic mass is 35.5. The second-order valence-electron chi connectivity index (χ2n) is 6.41. The fourth-order valence-corrected chi connectivity index (χ4v) is 3.45. The normalized spacial score (nSPS) is 17.7. The molecular formula is C17H27Cl2N3O2. The fourth-order valence-electron chi connectivity index (χ4n) is 3.45. The van der Waals surface area contributed by atoms with Crippen LogP contribution >= 0.6 is 24.8 Å². The van der Waals surface area contributed by atoms with Crippen LogP contribution in [0.25, 0.3) is 0 Å². The van der Waals surface area contributed by atoms with Crippen LogP contribution in [-0.2, 0) is 11.2 Å². The SMILES string of the molecule is COCC1(CNC(=O)c2ccc3c(c2)CCN3)CCNCC1.Cl.Cl. The fraction of sp³-hybridized carbons (Fsp3) is 0.588. The van der Waals surface area contributed by atoms with Crippen molar-refractivity contribution in [2.75, 3.05) is 45.2 Å². The van der Waals surface area contributed by atoms with E-state index in [-0.39, 0.29) is 36.1 Å². The molecule has 0 unspecified atom stereocenters. The zero-order valence-corrected chi connectivity index (χ0v) is 15.7. The van der Waals surface area contributed by atoms with Gasteiger partial charge in [-0.2, -0.15) is 0 Å². The molecule has 2 heterocycles. The van der Waals surface area contributed by atoms with Gasteiger partial charge in [-0.25, -0.2) is 0 Å². The number of carbonyl (C=O) groups is 1. The van der Waals surface area contributed by atoms with Crippen LogP contribution in [0.2, 0.25) is 0 Å². The summed E-state index contributed by atoms with van der Waals surface area (Å²) in [5, 5.41) is 9.81. The second-order valence-corrected chi connectivity index (χ2v) is 6.41. The van der Waals surface area contributed by atoms with E-state index in [1.54, 1.807) is 7.11 Å². The van der Waals surface area contributed by atoms with Crippen molar-refractivity contribution in [3.8, 4) is 0 Å². The molecule has 3 rings (SSSR count). The lowest BCUT2D eigenvalue weighted by molar-refractivity contribution is 0.0512. The number of hydrogen-bond donors (Lipinski definition) is 3. The molecular weight excluding hydrogens is 349 g/mol. The molecule has 0 atom stereocenters. The number of ether oxygens (including phenoxy) is 1. The molecule has 1 amide bonds. The second kappa shape index (κ2) is 9.47. The molecule has 2 aliphatic rings. The Hall–Kier alpha value is -1.01. The molecule has 1 saturated heterocycles. The van der Waals surface area contributed by atoms with Gasteiger partial charge < -0.3 is 20.7 Å². The first-order chi connectivity index (χ1) is 10.7. The Kier molecular flexibility index (Phi) is 8.30. The average molecular weight is 376 g/mol. The van der Waals surface area contributed by atoms with Gasteiger partial charge in [0.2, 0.25) is 0 Å². The number of halogens is 2. The van der Waals surface area contributed by atoms with Gasteiger partial charge in [0.1, 0.15) is 0 Å². The van der Waals surface area contributed by atoms with Crippen molar-refractivity contribution in [1.29, 1.82) is 0 Å². The zero-order valence-electron chi connectivity index (χ0n) is 14.0. The molecule has 0 bridgehead atoms. The molecule has 1 aromatic carbocycles. The molecule has 24 heavy (non-hydrogen) atoms. The summed E-state index contributed by atoms with van der Waals surface area (Å²) < 4.78 is 5.40. The Morgan fingerprint density at radius 1 is 1.25 bits per heavy atom. The predicted molar refractivity (Wildman–Crippen MR) is 102 cm³/mol. The molecule has 0 saturated carbocycles. The molecule has 7 heteroatoms. The zero-order chi connectivity index (χ0) is 15.4. The van der Waals surface area contributed by atoms with E-state index in [2.05, 4.69) is 16.0 Å². The van der Waals surface area contributed by atoms with Crippen molar-refractivity contribution < 1.29 is 9.53 Å². The van der Waals surface area contributed by atoms with E-state index >= 15 is 0 Å². The van der Waals surface area contributed by atoms with Crippen LogP contribution in [-0.4, -0.2) is 45.8 Å². The molecule has 0 radical (unpaired) electrons. The van der Waals surface area contributed by atoms with Gasteiger partial charge in [0.15, 0.2) is 0 Å². The summed E-state index contributed by atoms with van der Waals surface area (Å²) in [6.45, 7) is 4.32. The van der Waals surface area contributed by atoms with Gasteiger partial charge in [-0.05, 0) is 56.1 Å². The molecule has 5 nitrogen and oxygen atoms in total. The number of carbonyl (C=O) groups excluding carboxylic acids is 1. The molecule has 0 aliphatic carbocycles. The molecule has 136 valence electrons. The number of fused-ring (bicyclic) bond motifs is 1. The number of amides is 1. The van der Waals surface area contributed by atoms with Crippen LogP contribution in [0.5, 0.6) is 0 Å². The number of benzene rings is 1. The van der Waals surface area contributed by atoms with Gasteiger partial charge in [-0.3, -0.25) is 4.79 Å². The van der Waals surface area contributed by atoms with Crippen molar-refractivity contribution >= 4 is 36.4 Å². The third kappa shape index (κ3) is 4.76. The Balaban J connectivity index is 0.00000144. The van der Waals surface area contributed by atoms with Gasteiger partial charge in [0.25, 0.3) is 5.91 Å². The number of rotatable bonds is 5. The highest BCUT2D eigenvalue weighted by Crippen LogP contribution is 2.28. The van der Waals surface area contributed by atoms with Crippen LogP contribution in [0.4, 0.5) is 5.69 Å². The van der Waals surface area contributed by atoms with Crippen molar-refractivity contribution in [2.24, 2.45) is 5.41 Å². The van der Waals surface area contributed by atoms with Gasteiger partial charge in [-0.15, -0.1) is 24.8 Å². The maximum atomic E-state index is 12.4. The number of piperidine rings is 1. The summed E-state index contributed by atoms with van der Waals surface area (Å²) in [6.07, 6.45) is 3.07. The van der Waals surface area contributed by atoms with Crippen LogP contribution in [0.3, 0.4) is 0 Å². The number of methoxy groups -OCH3 is 1. The number of hydrogen-bond acceptors (Lipinski definition) is 4. The van der Waals surface area contributed by atoms with Crippen LogP contribution < -0.4 is 16.0 Å². The van der Waals surface area contributed by atoms with E-state index in [9.17, 15) is 4.79 Å². The van der Waals surface area contributed by atoms with E-state index in [0.29, 0.717) is 13.2 Å². The van der Waals surface area contributed by atoms with Gasteiger partial charge in [0, 0.05) is 36.9 Å². The lowest BCUT2D eigenvalue weighted by atomic mass is 9.79. The quantitative estimate of drug-likeness (QED) is 0.738. The highest BCUT2D eigenvalue weighted by Gasteiger charge is 2.32. The van der Waals surface area contributed by atoms with E-state index in [4.69, 9.17) is 4.74 Å². The maximum Gasteiger partial charge on any atom is 0.251 e. The highest BCUT2D eigenvalue weighted by molar-refractivity contribution is 5.95. The standard InChI is InChI=1S/C17H25N3O2.2ClH/c1-22-12-17(5-8-18-9-6-17)11-20-16(21)14-2-3-15-13(10-14)4-7-19-15;;/h2-3,10,18-19H,4-9,11-12H2,1H3,(H,20,21);2*1H. The van der Waals surface area contributed by atoms with Gasteiger partial charge in [-0.1, -0.05) is 0 Å². The molecule has 0 aromatic heterocycles. The first-order valence-electron chi connectivity index (χ1n) is 8.07. The summed E-state index contributed by atoms with van der Waals surface area (Å²) in [6, 6.07) is 5.92. The first kappa shape index (κ1) is 21.0. The Labute approximate surface area is 156 Å². The number of nitrogens with one attached hydrogen (secondary N) is 3. The predicted octanol–water partition coefficient (Wildman–Crippen LogP) is 2.24. The van der Waals surface area contributed by atoms with Crippen molar-refractivity contribution in [1.82, 2.24) is 10.6 Å². The third-order valence-corrected chi connectivity index (χ3v) is 4.82. The minimum atomic E-state index is 0. The summed E-state index contributed by atoms with van der Waals surface area (Å²) in [7, 11) is 1.74. The summed E-state index contributed by atoms with van der Waals surface area (Å²) >= 11 is 0. The number of anilines is 1. The summed E-state index contributed by atoms with van der Waals surface area (Å²) in [5.74, 6) is 0.0173. The molecule has 1 fully saturated rings. The van der Waals surface area contributed by atoms with Crippen molar-refractivity contribution in [3.63, 3.8) is 0 Å². The smallest absolute Gasteiger partial charge is 0.251 e. The minimum Gasteiger partial charge on any atom is -0.384 e. The minimum absolute atomic E-state index is 0. The van der Waals surface area contributed by atoms with Crippen molar-refractivity contribution in [3.05, 3.63) is 29.3 Å². The monoisotopic (exact) mass is 375 g/mol. The summed E-state index contributed by atoms with van der Waals surface area (Å²) in [4.78, 5) is 12.4. The van der Waals surface area contributed by atoms with E-state index < -0.39 is 0 Å². The topological polar surface area (TPSA) is 62.4 Å². The van der Waals surface area contributed by atoms with E-state index in [0.717, 1.165) is 50.1 Å². The van der Waals surface area contributed by atoms with Crippen LogP contribution in [0.15, 0.2) is 18.2 Å². The van der Waals surface area contributed by atoms with Crippen LogP contribution in [0, 0.1) is 5.41 Å². The first-order valence-corrected chi connectivity index (χ1v) is 8.07. The van der Waals surface area contributed by atoms with Gasteiger partial charge in [0.05, 0.1) is 6.61 Å². The molecule has 1 aromatic rings. The lowest BCUT2D eigenvalue weighted by Gasteiger charge is -2.37. The lowest BCUT2D eigenvalue weighted by Crippen LogP contribution is -2.47. The summed E-state index contributed by atoms with van der Waals surface area (Å²) in [5.41, 5.74) is 3.21. The Bertz CT molecular complexity index is 543. The average Bonchev–Trinajstić information content (AvgIpc) is 3.01. The van der Waals surface area contributed by atoms with Crippen molar-refractivity contribution in [2.45, 2.75) is 19.3 Å². The largest absolute Gasteiger partial charge is 0.384 e. The molecule has 3 N–H and O–H groups in total. The Morgan fingerprint density at radius 3 is 2.71 bits per heavy atom. The molecule has 0 spiro atoms. The maximum absolute atomic E-state index is 12.4. The Morgan fingerprint density at radius 2 is 2.00 bits per heavy atom. The van der Waals surface area contributed by atoms with E-state index in [1.807, 2.05) is 18.2 Å². The molecule has 2 aliphatic heterocycles. The third-order valence-electron chi connectivity index (χ3n) is 4.82. The van der Waals surface area contributed by atoms with Gasteiger partial charge >= 0.3 is 0 Å².